The van der Waals surface area contributed by atoms with Gasteiger partial charge in [0.05, 0.1) is 0 Å². The number of thiophene rings is 1. The molecule has 0 spiro atoms. The Labute approximate surface area is 294 Å². The van der Waals surface area contributed by atoms with Crippen molar-refractivity contribution in [2.45, 2.75) is 19.3 Å². The van der Waals surface area contributed by atoms with Crippen LogP contribution >= 0.6 is 11.3 Å². The maximum Gasteiger partial charge on any atom is 0.0434 e. The summed E-state index contributed by atoms with van der Waals surface area (Å²) in [5.41, 5.74) is 10.7. The van der Waals surface area contributed by atoms with Crippen LogP contribution in [0.25, 0.3) is 96.6 Å². The molecule has 0 saturated carbocycles. The Morgan fingerprint density at radius 2 is 0.880 bits per heavy atom. The van der Waals surface area contributed by atoms with E-state index in [9.17, 15) is 0 Å². The van der Waals surface area contributed by atoms with Gasteiger partial charge in [0.1, 0.15) is 0 Å². The predicted octanol–water partition coefficient (Wildman–Crippen LogP) is 14.3. The minimum atomic E-state index is -0.121. The van der Waals surface area contributed by atoms with E-state index >= 15 is 0 Å². The van der Waals surface area contributed by atoms with Crippen LogP contribution in [0.4, 0.5) is 0 Å². The molecule has 0 nitrogen and oxygen atoms in total. The van der Waals surface area contributed by atoms with Crippen molar-refractivity contribution >= 4 is 74.6 Å². The second-order valence-corrected chi connectivity index (χ2v) is 15.4. The first-order chi connectivity index (χ1) is 24.6. The van der Waals surface area contributed by atoms with E-state index in [1.165, 1.54) is 108 Å². The average molecular weight is 653 g/mol. The van der Waals surface area contributed by atoms with Gasteiger partial charge in [-0.25, -0.2) is 0 Å². The molecule has 0 aliphatic heterocycles. The summed E-state index contributed by atoms with van der Waals surface area (Å²) >= 11 is 1.91. The zero-order chi connectivity index (χ0) is 33.1. The SMILES string of the molecule is CC1(C)c2ccc(-c3c4ccccc4c(-c4cccc5c4sc4ccccc45)c4ccccc34)cc2-c2c1c1ccccc1c1ccccc21. The molecule has 234 valence electrons. The summed E-state index contributed by atoms with van der Waals surface area (Å²) in [6, 6.07) is 59.1. The van der Waals surface area contributed by atoms with Gasteiger partial charge in [-0.15, -0.1) is 11.3 Å². The highest BCUT2D eigenvalue weighted by Gasteiger charge is 2.38. The lowest BCUT2D eigenvalue weighted by Gasteiger charge is -2.24. The average Bonchev–Trinajstić information content (AvgIpc) is 3.66. The molecule has 0 bridgehead atoms. The van der Waals surface area contributed by atoms with E-state index in [1.807, 2.05) is 11.3 Å². The summed E-state index contributed by atoms with van der Waals surface area (Å²) in [6.07, 6.45) is 0. The number of hydrogen-bond acceptors (Lipinski definition) is 1. The predicted molar refractivity (Wildman–Crippen MR) is 218 cm³/mol. The molecule has 1 heterocycles. The number of fused-ring (bicyclic) bond motifs is 13. The van der Waals surface area contributed by atoms with Gasteiger partial charge in [-0.05, 0) is 94.2 Å². The smallest absolute Gasteiger partial charge is 0.0434 e. The Morgan fingerprint density at radius 3 is 1.54 bits per heavy atom. The molecular formula is C49H32S. The van der Waals surface area contributed by atoms with Crippen molar-refractivity contribution in [2.75, 3.05) is 0 Å². The molecule has 9 aromatic carbocycles. The molecule has 0 N–H and O–H groups in total. The molecule has 1 aromatic heterocycles. The van der Waals surface area contributed by atoms with Crippen LogP contribution in [0.5, 0.6) is 0 Å². The van der Waals surface area contributed by atoms with Gasteiger partial charge < -0.3 is 0 Å². The molecule has 0 amide bonds. The standard InChI is InChI=1S/C49H32S/c1-49(2)42-27-26-29(28-41(42)46-33-17-5-3-14-30(33)31-15-4-10-22-38(31)47(46)49)44-34-18-6-8-20-36(34)45(37-21-9-7-19-35(37)44)40-24-13-23-39-32-16-11-12-25-43(32)50-48(39)40/h3-28H,1-2H3. The monoisotopic (exact) mass is 652 g/mol. The van der Waals surface area contributed by atoms with Gasteiger partial charge in [0.15, 0.2) is 0 Å². The molecule has 10 aromatic rings. The summed E-state index contributed by atoms with van der Waals surface area (Å²) in [5.74, 6) is 0. The van der Waals surface area contributed by atoms with Gasteiger partial charge in [0.25, 0.3) is 0 Å². The lowest BCUT2D eigenvalue weighted by molar-refractivity contribution is 0.666. The molecule has 0 saturated heterocycles. The fourth-order valence-electron chi connectivity index (χ4n) is 9.33. The summed E-state index contributed by atoms with van der Waals surface area (Å²) < 4.78 is 2.69. The van der Waals surface area contributed by atoms with Crippen LogP contribution in [0, 0.1) is 0 Å². The fraction of sp³-hybridized carbons (Fsp3) is 0.0612. The number of benzene rings is 9. The van der Waals surface area contributed by atoms with Gasteiger partial charge in [0, 0.05) is 31.2 Å². The summed E-state index contributed by atoms with van der Waals surface area (Å²) in [6.45, 7) is 4.82. The van der Waals surface area contributed by atoms with Gasteiger partial charge in [-0.1, -0.05) is 159 Å². The molecular weight excluding hydrogens is 621 g/mol. The Balaban J connectivity index is 1.24. The topological polar surface area (TPSA) is 0 Å². The van der Waals surface area contributed by atoms with E-state index < -0.39 is 0 Å². The summed E-state index contributed by atoms with van der Waals surface area (Å²) in [7, 11) is 0. The Bertz CT molecular complexity index is 3010. The highest BCUT2D eigenvalue weighted by Crippen LogP contribution is 2.56. The van der Waals surface area contributed by atoms with Crippen molar-refractivity contribution in [3.8, 4) is 33.4 Å². The van der Waals surface area contributed by atoms with Crippen molar-refractivity contribution in [2.24, 2.45) is 0 Å². The zero-order valence-corrected chi connectivity index (χ0v) is 28.7. The third-order valence-corrected chi connectivity index (χ3v) is 12.6. The van der Waals surface area contributed by atoms with Crippen molar-refractivity contribution < 1.29 is 0 Å². The van der Waals surface area contributed by atoms with Crippen LogP contribution in [0.3, 0.4) is 0 Å². The van der Waals surface area contributed by atoms with Gasteiger partial charge in [-0.2, -0.15) is 0 Å². The van der Waals surface area contributed by atoms with Crippen LogP contribution in [0.2, 0.25) is 0 Å². The van der Waals surface area contributed by atoms with Crippen molar-refractivity contribution in [1.82, 2.24) is 0 Å². The molecule has 11 rings (SSSR count). The van der Waals surface area contributed by atoms with Gasteiger partial charge in [-0.3, -0.25) is 0 Å². The number of hydrogen-bond donors (Lipinski definition) is 0. The minimum absolute atomic E-state index is 0.121. The number of rotatable bonds is 2. The maximum absolute atomic E-state index is 2.50. The van der Waals surface area contributed by atoms with Gasteiger partial charge >= 0.3 is 0 Å². The summed E-state index contributed by atoms with van der Waals surface area (Å²) in [5, 5.41) is 13.2. The Morgan fingerprint density at radius 1 is 0.380 bits per heavy atom. The highest BCUT2D eigenvalue weighted by atomic mass is 32.1. The van der Waals surface area contributed by atoms with Crippen LogP contribution in [0.15, 0.2) is 158 Å². The third-order valence-electron chi connectivity index (χ3n) is 11.4. The van der Waals surface area contributed by atoms with Crippen LogP contribution < -0.4 is 0 Å². The summed E-state index contributed by atoms with van der Waals surface area (Å²) in [4.78, 5) is 0. The second kappa shape index (κ2) is 10.1. The zero-order valence-electron chi connectivity index (χ0n) is 27.9. The molecule has 0 atom stereocenters. The lowest BCUT2D eigenvalue weighted by atomic mass is 9.79. The normalized spacial score (nSPS) is 13.6. The largest absolute Gasteiger partial charge is 0.135 e. The second-order valence-electron chi connectivity index (χ2n) is 14.3. The molecule has 50 heavy (non-hydrogen) atoms. The van der Waals surface area contributed by atoms with Crippen LogP contribution in [0.1, 0.15) is 25.0 Å². The maximum atomic E-state index is 2.50. The van der Waals surface area contributed by atoms with E-state index in [4.69, 9.17) is 0 Å². The first-order valence-corrected chi connectivity index (χ1v) is 18.3. The molecule has 1 heteroatoms. The van der Waals surface area contributed by atoms with Crippen molar-refractivity contribution in [3.05, 3.63) is 169 Å². The van der Waals surface area contributed by atoms with E-state index in [1.54, 1.807) is 0 Å². The lowest BCUT2D eigenvalue weighted by Crippen LogP contribution is -2.15. The minimum Gasteiger partial charge on any atom is -0.135 e. The highest BCUT2D eigenvalue weighted by molar-refractivity contribution is 7.26. The fourth-order valence-corrected chi connectivity index (χ4v) is 10.6. The van der Waals surface area contributed by atoms with E-state index in [0.29, 0.717) is 0 Å². The molecule has 0 unspecified atom stereocenters. The van der Waals surface area contributed by atoms with Gasteiger partial charge in [0.2, 0.25) is 0 Å². The quantitative estimate of drug-likeness (QED) is 0.129. The molecule has 0 radical (unpaired) electrons. The van der Waals surface area contributed by atoms with Crippen LogP contribution in [-0.2, 0) is 5.41 Å². The Hall–Kier alpha value is -5.76. The first kappa shape index (κ1) is 28.1. The van der Waals surface area contributed by atoms with E-state index in [2.05, 4.69) is 172 Å². The van der Waals surface area contributed by atoms with E-state index in [-0.39, 0.29) is 5.41 Å². The molecule has 0 fully saturated rings. The van der Waals surface area contributed by atoms with E-state index in [0.717, 1.165) is 0 Å². The first-order valence-electron chi connectivity index (χ1n) is 17.5. The van der Waals surface area contributed by atoms with Crippen molar-refractivity contribution in [1.29, 1.82) is 0 Å². The Kier molecular flexibility index (Phi) is 5.70. The van der Waals surface area contributed by atoms with Crippen LogP contribution in [-0.4, -0.2) is 0 Å². The third kappa shape index (κ3) is 3.65. The molecule has 1 aliphatic carbocycles. The van der Waals surface area contributed by atoms with Crippen molar-refractivity contribution in [3.63, 3.8) is 0 Å². The molecule has 1 aliphatic rings.